The topological polar surface area (TPSA) is 32.3 Å². The monoisotopic (exact) mass is 101 g/mol. The average Bonchev–Trinajstić information content (AvgIpc) is 1.63. The van der Waals surface area contributed by atoms with Crippen LogP contribution in [0, 0.1) is 0 Å². The quantitative estimate of drug-likeness (QED) is 0.440. The molecule has 1 aliphatic heterocycles. The summed E-state index contributed by atoms with van der Waals surface area (Å²) in [4.78, 5) is 0. The first-order chi connectivity index (χ1) is 3.13. The van der Waals surface area contributed by atoms with E-state index in [-0.39, 0.29) is 6.04 Å². The summed E-state index contributed by atoms with van der Waals surface area (Å²) in [6.45, 7) is 4.56. The van der Waals surface area contributed by atoms with Gasteiger partial charge in [0.25, 0.3) is 0 Å². The molecular formula is C5H11NO. The zero-order valence-corrected chi connectivity index (χ0v) is 4.73. The van der Waals surface area contributed by atoms with Crippen LogP contribution in [0.2, 0.25) is 0 Å². The second-order valence-electron chi connectivity index (χ2n) is 2.46. The van der Waals surface area contributed by atoms with Crippen LogP contribution in [0.15, 0.2) is 0 Å². The highest BCUT2D eigenvalue weighted by molar-refractivity contribution is 4.96. The molecule has 0 aromatic rings. The second kappa shape index (κ2) is 1.20. The van der Waals surface area contributed by atoms with Gasteiger partial charge in [0.1, 0.15) is 0 Å². The minimum absolute atomic E-state index is 0.285. The Balaban J connectivity index is 2.43. The predicted octanol–water partition coefficient (Wildman–Crippen LogP) is -0.271. The molecule has 1 heterocycles. The van der Waals surface area contributed by atoms with E-state index in [1.54, 1.807) is 0 Å². The van der Waals surface area contributed by atoms with E-state index in [4.69, 9.17) is 5.11 Å². The summed E-state index contributed by atoms with van der Waals surface area (Å²) in [6, 6.07) is 0.285. The van der Waals surface area contributed by atoms with Crippen LogP contribution in [0.1, 0.15) is 13.8 Å². The van der Waals surface area contributed by atoms with E-state index in [0.717, 1.165) is 6.54 Å². The lowest BCUT2D eigenvalue weighted by molar-refractivity contribution is -0.0335. The molecule has 0 saturated carbocycles. The van der Waals surface area contributed by atoms with Gasteiger partial charge in [0.15, 0.2) is 0 Å². The van der Waals surface area contributed by atoms with Crippen LogP contribution in [0.4, 0.5) is 0 Å². The molecule has 7 heavy (non-hydrogen) atoms. The maximum atomic E-state index is 9.12. The van der Waals surface area contributed by atoms with Gasteiger partial charge in [-0.2, -0.15) is 0 Å². The predicted molar refractivity (Wildman–Crippen MR) is 28.1 cm³/mol. The largest absolute Gasteiger partial charge is 0.387 e. The van der Waals surface area contributed by atoms with E-state index in [9.17, 15) is 0 Å². The molecule has 42 valence electrons. The molecule has 1 saturated heterocycles. The highest BCUT2D eigenvalue weighted by Crippen LogP contribution is 2.16. The van der Waals surface area contributed by atoms with Gasteiger partial charge >= 0.3 is 0 Å². The molecule has 0 spiro atoms. The average molecular weight is 101 g/mol. The van der Waals surface area contributed by atoms with E-state index >= 15 is 0 Å². The fourth-order valence-corrected chi connectivity index (χ4v) is 0.602. The standard InChI is InChI=1S/C5H11NO/c1-4-5(2,7)3-6-4/h4,6-7H,3H2,1-2H3/t4-,5?/m0/s1. The summed E-state index contributed by atoms with van der Waals surface area (Å²) in [5.74, 6) is 0. The maximum Gasteiger partial charge on any atom is 0.0892 e. The Labute approximate surface area is 43.5 Å². The van der Waals surface area contributed by atoms with Crippen molar-refractivity contribution in [1.29, 1.82) is 0 Å². The van der Waals surface area contributed by atoms with Crippen molar-refractivity contribution in [2.45, 2.75) is 25.5 Å². The zero-order chi connectivity index (χ0) is 5.49. The van der Waals surface area contributed by atoms with Crippen LogP contribution in [-0.2, 0) is 0 Å². The van der Waals surface area contributed by atoms with Gasteiger partial charge in [-0.15, -0.1) is 0 Å². The number of nitrogens with one attached hydrogen (secondary N) is 1. The van der Waals surface area contributed by atoms with Crippen LogP contribution in [0.5, 0.6) is 0 Å². The first-order valence-electron chi connectivity index (χ1n) is 2.59. The molecule has 0 bridgehead atoms. The molecule has 1 aliphatic rings. The lowest BCUT2D eigenvalue weighted by Crippen LogP contribution is -2.64. The summed E-state index contributed by atoms with van der Waals surface area (Å²) >= 11 is 0. The Morgan fingerprint density at radius 3 is 2.29 bits per heavy atom. The number of hydrogen-bond acceptors (Lipinski definition) is 2. The van der Waals surface area contributed by atoms with Gasteiger partial charge in [-0.1, -0.05) is 0 Å². The summed E-state index contributed by atoms with van der Waals surface area (Å²) in [6.07, 6.45) is 0. The lowest BCUT2D eigenvalue weighted by atomic mass is 9.90. The smallest absolute Gasteiger partial charge is 0.0892 e. The Morgan fingerprint density at radius 1 is 1.86 bits per heavy atom. The molecule has 0 amide bonds. The molecule has 0 aliphatic carbocycles. The van der Waals surface area contributed by atoms with Gasteiger partial charge in [0.2, 0.25) is 0 Å². The minimum Gasteiger partial charge on any atom is -0.387 e. The van der Waals surface area contributed by atoms with Crippen LogP contribution in [-0.4, -0.2) is 23.3 Å². The van der Waals surface area contributed by atoms with Crippen molar-refractivity contribution in [3.63, 3.8) is 0 Å². The van der Waals surface area contributed by atoms with E-state index in [2.05, 4.69) is 5.32 Å². The highest BCUT2D eigenvalue weighted by atomic mass is 16.3. The third-order valence-corrected chi connectivity index (χ3v) is 1.70. The van der Waals surface area contributed by atoms with Gasteiger partial charge in [-0.25, -0.2) is 0 Å². The van der Waals surface area contributed by atoms with Gasteiger partial charge < -0.3 is 10.4 Å². The Bertz CT molecular complexity index is 80.1. The summed E-state index contributed by atoms with van der Waals surface area (Å²) < 4.78 is 0. The molecule has 0 radical (unpaired) electrons. The molecule has 0 aromatic carbocycles. The normalized spacial score (nSPS) is 51.0. The fourth-order valence-electron chi connectivity index (χ4n) is 0.602. The van der Waals surface area contributed by atoms with E-state index in [1.807, 2.05) is 13.8 Å². The van der Waals surface area contributed by atoms with Crippen molar-refractivity contribution < 1.29 is 5.11 Å². The highest BCUT2D eigenvalue weighted by Gasteiger charge is 2.36. The second-order valence-corrected chi connectivity index (χ2v) is 2.46. The summed E-state index contributed by atoms with van der Waals surface area (Å²) in [5.41, 5.74) is -0.431. The maximum absolute atomic E-state index is 9.12. The third-order valence-electron chi connectivity index (χ3n) is 1.70. The van der Waals surface area contributed by atoms with Crippen LogP contribution in [0.3, 0.4) is 0 Å². The Kier molecular flexibility index (Phi) is 0.869. The molecule has 1 fully saturated rings. The first kappa shape index (κ1) is 5.06. The van der Waals surface area contributed by atoms with Crippen molar-refractivity contribution in [2.24, 2.45) is 0 Å². The molecule has 2 N–H and O–H groups in total. The molecule has 2 atom stereocenters. The molecule has 2 nitrogen and oxygen atoms in total. The molecule has 0 aromatic heterocycles. The van der Waals surface area contributed by atoms with Gasteiger partial charge in [-0.3, -0.25) is 0 Å². The van der Waals surface area contributed by atoms with Gasteiger partial charge in [-0.05, 0) is 13.8 Å². The van der Waals surface area contributed by atoms with E-state index in [1.165, 1.54) is 0 Å². The van der Waals surface area contributed by atoms with Crippen LogP contribution < -0.4 is 5.32 Å². The molecule has 2 heteroatoms. The van der Waals surface area contributed by atoms with Gasteiger partial charge in [0, 0.05) is 12.6 Å². The Morgan fingerprint density at radius 2 is 2.29 bits per heavy atom. The fraction of sp³-hybridized carbons (Fsp3) is 1.00. The zero-order valence-electron chi connectivity index (χ0n) is 4.73. The molecular weight excluding hydrogens is 90.1 g/mol. The third kappa shape index (κ3) is 0.640. The van der Waals surface area contributed by atoms with Crippen molar-refractivity contribution in [3.05, 3.63) is 0 Å². The van der Waals surface area contributed by atoms with Gasteiger partial charge in [0.05, 0.1) is 5.60 Å². The molecule has 1 rings (SSSR count). The first-order valence-corrected chi connectivity index (χ1v) is 2.59. The number of rotatable bonds is 0. The number of aliphatic hydroxyl groups is 1. The SMILES string of the molecule is C[C@@H]1NCC1(C)O. The van der Waals surface area contributed by atoms with Crippen molar-refractivity contribution >= 4 is 0 Å². The van der Waals surface area contributed by atoms with E-state index < -0.39 is 5.60 Å². The van der Waals surface area contributed by atoms with Crippen LogP contribution >= 0.6 is 0 Å². The van der Waals surface area contributed by atoms with Crippen molar-refractivity contribution in [1.82, 2.24) is 5.32 Å². The molecule has 1 unspecified atom stereocenters. The summed E-state index contributed by atoms with van der Waals surface area (Å²) in [5, 5.41) is 12.2. The summed E-state index contributed by atoms with van der Waals surface area (Å²) in [7, 11) is 0. The number of hydrogen-bond donors (Lipinski definition) is 2. The van der Waals surface area contributed by atoms with Crippen LogP contribution in [0.25, 0.3) is 0 Å². The Hall–Kier alpha value is -0.0800. The van der Waals surface area contributed by atoms with E-state index in [0.29, 0.717) is 0 Å². The lowest BCUT2D eigenvalue weighted by Gasteiger charge is -2.41. The van der Waals surface area contributed by atoms with Crippen molar-refractivity contribution in [2.75, 3.05) is 6.54 Å². The van der Waals surface area contributed by atoms with Crippen molar-refractivity contribution in [3.8, 4) is 0 Å². The number of β-amino-alcohol motifs (C(OH)–C–C–N with tert-alkyl or cyclic N) is 1. The minimum atomic E-state index is -0.431.